The minimum atomic E-state index is -1.30. The summed E-state index contributed by atoms with van der Waals surface area (Å²) in [5.41, 5.74) is 1.70. The van der Waals surface area contributed by atoms with Gasteiger partial charge in [-0.25, -0.2) is 0 Å². The van der Waals surface area contributed by atoms with E-state index in [1.165, 1.54) is 17.9 Å². The molecule has 3 N–H and O–H groups in total. The molecular formula is C19H25NO3S. The maximum Gasteiger partial charge on any atom is 0.131 e. The van der Waals surface area contributed by atoms with E-state index in [9.17, 15) is 14.4 Å². The highest BCUT2D eigenvalue weighted by Crippen LogP contribution is 2.25. The van der Waals surface area contributed by atoms with Crippen molar-refractivity contribution in [2.45, 2.75) is 36.8 Å². The summed E-state index contributed by atoms with van der Waals surface area (Å²) in [6.07, 6.45) is 1.62. The van der Waals surface area contributed by atoms with Crippen molar-refractivity contribution in [3.05, 3.63) is 59.7 Å². The minimum Gasteiger partial charge on any atom is -0.507 e. The maximum atomic E-state index is 11.6. The first kappa shape index (κ1) is 18.6. The number of phenols is 1. The summed E-state index contributed by atoms with van der Waals surface area (Å²) >= 11 is 0. The van der Waals surface area contributed by atoms with E-state index in [1.54, 1.807) is 12.1 Å². The predicted octanol–water partition coefficient (Wildman–Crippen LogP) is 2.77. The quantitative estimate of drug-likeness (QED) is 0.720. The predicted molar refractivity (Wildman–Crippen MR) is 97.6 cm³/mol. The van der Waals surface area contributed by atoms with E-state index in [1.807, 2.05) is 18.2 Å². The van der Waals surface area contributed by atoms with E-state index in [0.29, 0.717) is 17.0 Å². The van der Waals surface area contributed by atoms with Crippen LogP contribution in [0.4, 0.5) is 0 Å². The Morgan fingerprint density at radius 3 is 2.46 bits per heavy atom. The minimum absolute atomic E-state index is 0.0100. The molecule has 0 radical (unpaired) electrons. The van der Waals surface area contributed by atoms with Crippen molar-refractivity contribution in [1.82, 2.24) is 5.32 Å². The summed E-state index contributed by atoms with van der Waals surface area (Å²) < 4.78 is 11.6. The highest BCUT2D eigenvalue weighted by molar-refractivity contribution is 7.84. The van der Waals surface area contributed by atoms with Crippen LogP contribution in [0.3, 0.4) is 0 Å². The van der Waals surface area contributed by atoms with Crippen molar-refractivity contribution in [3.63, 3.8) is 0 Å². The van der Waals surface area contributed by atoms with Crippen LogP contribution in [0.25, 0.3) is 0 Å². The van der Waals surface area contributed by atoms with E-state index >= 15 is 0 Å². The molecule has 0 saturated carbocycles. The Morgan fingerprint density at radius 2 is 1.83 bits per heavy atom. The molecule has 0 heterocycles. The zero-order valence-corrected chi connectivity index (χ0v) is 15.1. The lowest BCUT2D eigenvalue weighted by atomic mass is 9.94. The Morgan fingerprint density at radius 1 is 1.17 bits per heavy atom. The molecule has 0 aliphatic heterocycles. The van der Waals surface area contributed by atoms with Gasteiger partial charge in [-0.2, -0.15) is 0 Å². The van der Waals surface area contributed by atoms with Gasteiger partial charge in [-0.1, -0.05) is 36.4 Å². The van der Waals surface area contributed by atoms with Crippen molar-refractivity contribution in [2.24, 2.45) is 0 Å². The zero-order valence-electron chi connectivity index (χ0n) is 14.3. The SMILES string of the molecule is CS(=O)c1cc(C(O)CNC(C)(C)Cc2ccccc2)ccc1O. The molecule has 4 nitrogen and oxygen atoms in total. The average Bonchev–Trinajstić information content (AvgIpc) is 2.53. The molecule has 2 aromatic carbocycles. The number of rotatable bonds is 7. The van der Waals surface area contributed by atoms with Crippen LogP contribution in [0.1, 0.15) is 31.1 Å². The van der Waals surface area contributed by atoms with Crippen molar-refractivity contribution in [2.75, 3.05) is 12.8 Å². The fourth-order valence-electron chi connectivity index (χ4n) is 2.63. The molecule has 0 amide bonds. The molecule has 0 aromatic heterocycles. The van der Waals surface area contributed by atoms with Gasteiger partial charge >= 0.3 is 0 Å². The summed E-state index contributed by atoms with van der Waals surface area (Å²) in [6.45, 7) is 4.56. The number of β-amino-alcohol motifs (C(OH)–C–C–N with tert-alkyl or cyclic N) is 1. The molecule has 2 unspecified atom stereocenters. The topological polar surface area (TPSA) is 69.6 Å². The third kappa shape index (κ3) is 5.16. The smallest absolute Gasteiger partial charge is 0.131 e. The van der Waals surface area contributed by atoms with Gasteiger partial charge in [-0.05, 0) is 43.5 Å². The summed E-state index contributed by atoms with van der Waals surface area (Å²) in [6, 6.07) is 14.9. The summed E-state index contributed by atoms with van der Waals surface area (Å²) in [5.74, 6) is -0.0100. The molecule has 24 heavy (non-hydrogen) atoms. The van der Waals surface area contributed by atoms with Crippen molar-refractivity contribution in [1.29, 1.82) is 0 Å². The Kier molecular flexibility index (Phi) is 6.15. The van der Waals surface area contributed by atoms with Crippen LogP contribution in [0.15, 0.2) is 53.4 Å². The van der Waals surface area contributed by atoms with E-state index in [4.69, 9.17) is 0 Å². The van der Waals surface area contributed by atoms with Crippen LogP contribution in [0.5, 0.6) is 5.75 Å². The molecule has 5 heteroatoms. The fourth-order valence-corrected chi connectivity index (χ4v) is 3.29. The molecule has 130 valence electrons. The van der Waals surface area contributed by atoms with Crippen LogP contribution in [0.2, 0.25) is 0 Å². The Balaban J connectivity index is 2.00. The average molecular weight is 347 g/mol. The third-order valence-corrected chi connectivity index (χ3v) is 4.89. The molecule has 0 aliphatic rings. The van der Waals surface area contributed by atoms with E-state index < -0.39 is 16.9 Å². The number of aliphatic hydroxyl groups excluding tert-OH is 1. The van der Waals surface area contributed by atoms with Crippen LogP contribution in [0, 0.1) is 0 Å². The largest absolute Gasteiger partial charge is 0.507 e. The summed E-state index contributed by atoms with van der Waals surface area (Å²) in [7, 11) is -1.30. The van der Waals surface area contributed by atoms with Crippen molar-refractivity contribution in [3.8, 4) is 5.75 Å². The highest BCUT2D eigenvalue weighted by Gasteiger charge is 2.20. The van der Waals surface area contributed by atoms with Gasteiger partial charge in [0.2, 0.25) is 0 Å². The van der Waals surface area contributed by atoms with Gasteiger partial charge < -0.3 is 15.5 Å². The van der Waals surface area contributed by atoms with Crippen LogP contribution >= 0.6 is 0 Å². The van der Waals surface area contributed by atoms with Gasteiger partial charge in [0.05, 0.1) is 21.8 Å². The number of benzene rings is 2. The van der Waals surface area contributed by atoms with E-state index in [2.05, 4.69) is 31.3 Å². The second-order valence-electron chi connectivity index (χ2n) is 6.62. The van der Waals surface area contributed by atoms with Gasteiger partial charge in [-0.15, -0.1) is 0 Å². The molecule has 0 bridgehead atoms. The zero-order chi connectivity index (χ0) is 17.7. The molecule has 0 fully saturated rings. The van der Waals surface area contributed by atoms with Crippen molar-refractivity contribution < 1.29 is 14.4 Å². The molecule has 0 spiro atoms. The lowest BCUT2D eigenvalue weighted by Gasteiger charge is -2.28. The Hall–Kier alpha value is -1.69. The van der Waals surface area contributed by atoms with E-state index in [-0.39, 0.29) is 11.3 Å². The second-order valence-corrected chi connectivity index (χ2v) is 7.97. The van der Waals surface area contributed by atoms with Crippen molar-refractivity contribution >= 4 is 10.8 Å². The summed E-state index contributed by atoms with van der Waals surface area (Å²) in [5, 5.41) is 23.5. The van der Waals surface area contributed by atoms with Gasteiger partial charge in [0.15, 0.2) is 0 Å². The van der Waals surface area contributed by atoms with Gasteiger partial charge in [0.25, 0.3) is 0 Å². The first-order valence-electron chi connectivity index (χ1n) is 7.92. The lowest BCUT2D eigenvalue weighted by Crippen LogP contribution is -2.43. The van der Waals surface area contributed by atoms with Crippen LogP contribution in [-0.2, 0) is 17.2 Å². The van der Waals surface area contributed by atoms with Crippen LogP contribution < -0.4 is 5.32 Å². The normalized spacial score (nSPS) is 14.3. The standard InChI is InChI=1S/C19H25NO3S/c1-19(2,12-14-7-5-4-6-8-14)20-13-17(22)15-9-10-16(21)18(11-15)24(3)23/h4-11,17,20-22H,12-13H2,1-3H3. The number of aliphatic hydroxyl groups is 1. The molecule has 2 aromatic rings. The maximum absolute atomic E-state index is 11.6. The number of nitrogens with one attached hydrogen (secondary N) is 1. The third-order valence-electron chi connectivity index (χ3n) is 3.94. The highest BCUT2D eigenvalue weighted by atomic mass is 32.2. The molecular weight excluding hydrogens is 322 g/mol. The second kappa shape index (κ2) is 7.92. The number of phenolic OH excluding ortho intramolecular Hbond substituents is 1. The number of hydrogen-bond donors (Lipinski definition) is 3. The first-order valence-corrected chi connectivity index (χ1v) is 9.48. The number of hydrogen-bond acceptors (Lipinski definition) is 4. The number of aromatic hydroxyl groups is 1. The molecule has 0 saturated heterocycles. The van der Waals surface area contributed by atoms with Crippen LogP contribution in [-0.4, -0.2) is 32.8 Å². The molecule has 2 rings (SSSR count). The molecule has 0 aliphatic carbocycles. The Labute approximate surface area is 146 Å². The molecule has 2 atom stereocenters. The van der Waals surface area contributed by atoms with E-state index in [0.717, 1.165) is 6.42 Å². The monoisotopic (exact) mass is 347 g/mol. The van der Waals surface area contributed by atoms with Gasteiger partial charge in [0, 0.05) is 18.3 Å². The Bertz CT molecular complexity index is 701. The van der Waals surface area contributed by atoms with Gasteiger partial charge in [0.1, 0.15) is 5.75 Å². The first-order chi connectivity index (χ1) is 11.3. The summed E-state index contributed by atoms with van der Waals surface area (Å²) in [4.78, 5) is 0.343. The van der Waals surface area contributed by atoms with Gasteiger partial charge in [-0.3, -0.25) is 4.21 Å². The lowest BCUT2D eigenvalue weighted by molar-refractivity contribution is 0.160. The fraction of sp³-hybridized carbons (Fsp3) is 0.368.